The first kappa shape index (κ1) is 32.6. The molecule has 2 amide bonds. The summed E-state index contributed by atoms with van der Waals surface area (Å²) in [7, 11) is 2.34. The van der Waals surface area contributed by atoms with Crippen LogP contribution in [0.3, 0.4) is 0 Å². The number of ether oxygens (including phenoxy) is 2. The lowest BCUT2D eigenvalue weighted by atomic mass is 9.77. The molecule has 47 heavy (non-hydrogen) atoms. The lowest BCUT2D eigenvalue weighted by Crippen LogP contribution is -2.53. The summed E-state index contributed by atoms with van der Waals surface area (Å²) >= 11 is 0. The van der Waals surface area contributed by atoms with E-state index in [4.69, 9.17) is 14.5 Å². The molecule has 1 aliphatic rings. The molecule has 240 valence electrons. The van der Waals surface area contributed by atoms with Crippen LogP contribution >= 0.6 is 0 Å². The van der Waals surface area contributed by atoms with E-state index < -0.39 is 47.8 Å². The highest BCUT2D eigenvalue weighted by molar-refractivity contribution is 5.98. The van der Waals surface area contributed by atoms with Crippen molar-refractivity contribution in [3.8, 4) is 0 Å². The van der Waals surface area contributed by atoms with Crippen molar-refractivity contribution in [2.24, 2.45) is 0 Å². The van der Waals surface area contributed by atoms with E-state index >= 15 is 0 Å². The van der Waals surface area contributed by atoms with E-state index in [1.165, 1.54) is 7.11 Å². The van der Waals surface area contributed by atoms with Gasteiger partial charge >= 0.3 is 11.9 Å². The minimum absolute atomic E-state index is 0.00809. The summed E-state index contributed by atoms with van der Waals surface area (Å²) in [6.07, 6.45) is 8.85. The quantitative estimate of drug-likeness (QED) is 0.169. The Hall–Kier alpha value is -5.77. The van der Waals surface area contributed by atoms with Crippen LogP contribution in [0.15, 0.2) is 127 Å². The van der Waals surface area contributed by atoms with Crippen LogP contribution in [-0.2, 0) is 40.6 Å². The van der Waals surface area contributed by atoms with Gasteiger partial charge in [0.05, 0.1) is 32.7 Å². The molecule has 10 nitrogen and oxygen atoms in total. The third-order valence-corrected chi connectivity index (χ3v) is 8.10. The van der Waals surface area contributed by atoms with E-state index in [-0.39, 0.29) is 6.42 Å². The van der Waals surface area contributed by atoms with Crippen molar-refractivity contribution in [3.05, 3.63) is 150 Å². The predicted octanol–water partition coefficient (Wildman–Crippen LogP) is 3.86. The van der Waals surface area contributed by atoms with E-state index in [1.54, 1.807) is 18.5 Å². The number of hydrogen-bond donors (Lipinski definition) is 2. The third kappa shape index (κ3) is 7.22. The molecular weight excluding hydrogens is 596 g/mol. The number of aromatic nitrogens is 2. The van der Waals surface area contributed by atoms with Gasteiger partial charge in [-0.1, -0.05) is 109 Å². The van der Waals surface area contributed by atoms with Gasteiger partial charge < -0.3 is 24.7 Å². The van der Waals surface area contributed by atoms with Crippen LogP contribution in [0.1, 0.15) is 35.2 Å². The highest BCUT2D eigenvalue weighted by atomic mass is 16.5. The van der Waals surface area contributed by atoms with E-state index in [0.717, 1.165) is 23.8 Å². The summed E-state index contributed by atoms with van der Waals surface area (Å²) < 4.78 is 11.5. The Morgan fingerprint density at radius 1 is 0.809 bits per heavy atom. The predicted molar refractivity (Wildman–Crippen MR) is 175 cm³/mol. The molecule has 3 aromatic carbocycles. The average Bonchev–Trinajstić information content (AvgIpc) is 3.83. The molecule has 0 unspecified atom stereocenters. The van der Waals surface area contributed by atoms with Crippen LogP contribution < -0.4 is 10.6 Å². The summed E-state index contributed by atoms with van der Waals surface area (Å²) in [6.45, 7) is 0. The number of nitrogens with one attached hydrogen (secondary N) is 2. The summed E-state index contributed by atoms with van der Waals surface area (Å²) in [5, 5.41) is 5.37. The first-order valence-electron chi connectivity index (χ1n) is 15.2. The van der Waals surface area contributed by atoms with Gasteiger partial charge in [-0.05, 0) is 23.1 Å². The number of esters is 2. The number of allylic oxidation sites excluding steroid dienone is 3. The fourth-order valence-corrected chi connectivity index (χ4v) is 5.78. The van der Waals surface area contributed by atoms with Crippen LogP contribution in [0.5, 0.6) is 0 Å². The average molecular weight is 633 g/mol. The summed E-state index contributed by atoms with van der Waals surface area (Å²) in [5.41, 5.74) is 3.16. The summed E-state index contributed by atoms with van der Waals surface area (Å²) in [5.74, 6) is -2.64. The second-order valence-electron chi connectivity index (χ2n) is 11.0. The fraction of sp³-hybridized carbons (Fsp3) is 0.216. The van der Waals surface area contributed by atoms with Crippen LogP contribution in [0.2, 0.25) is 0 Å². The molecule has 0 saturated heterocycles. The summed E-state index contributed by atoms with van der Waals surface area (Å²) in [6, 6.07) is 27.7. The Labute approximate surface area is 273 Å². The number of carbonyl (C=O) groups is 4. The monoisotopic (exact) mass is 632 g/mol. The Morgan fingerprint density at radius 2 is 1.38 bits per heavy atom. The van der Waals surface area contributed by atoms with Crippen LogP contribution in [0, 0.1) is 0 Å². The number of amides is 2. The number of methoxy groups -OCH3 is 2. The van der Waals surface area contributed by atoms with Crippen molar-refractivity contribution in [2.75, 3.05) is 14.2 Å². The van der Waals surface area contributed by atoms with E-state index in [9.17, 15) is 19.2 Å². The van der Waals surface area contributed by atoms with Gasteiger partial charge in [-0.25, -0.2) is 9.78 Å². The second-order valence-corrected chi connectivity index (χ2v) is 11.0. The van der Waals surface area contributed by atoms with Gasteiger partial charge in [0.1, 0.15) is 17.6 Å². The number of carbonyl (C=O) groups excluding carboxylic acids is 4. The van der Waals surface area contributed by atoms with Gasteiger partial charge in [0.25, 0.3) is 0 Å². The zero-order chi connectivity index (χ0) is 33.2. The Morgan fingerprint density at radius 3 is 1.87 bits per heavy atom. The lowest BCUT2D eigenvalue weighted by molar-refractivity contribution is -0.151. The Kier molecular flexibility index (Phi) is 10.4. The SMILES string of the molecule is COC(=O)C[C@H](NC(=O)[C@H](Cc1cn(C(c2ccccc2)(c2ccccc2)c2ccccc2)cn1)NC(=O)C1=CC=CC1)C(=O)OC. The molecular formula is C37H36N4O6. The maximum Gasteiger partial charge on any atom is 0.328 e. The molecule has 0 spiro atoms. The van der Waals surface area contributed by atoms with Gasteiger partial charge in [0.15, 0.2) is 0 Å². The Bertz CT molecular complexity index is 1670. The Balaban J connectivity index is 1.54. The smallest absolute Gasteiger partial charge is 0.328 e. The van der Waals surface area contributed by atoms with Crippen LogP contribution in [-0.4, -0.2) is 59.6 Å². The molecule has 2 atom stereocenters. The standard InChI is InChI=1S/C37H36N4O6/c1-46-33(42)23-32(36(45)47-2)40-35(44)31(39-34(43)26-14-12-13-15-26)22-30-24-41(25-38-30)37(27-16-6-3-7-17-27,28-18-8-4-9-19-28)29-20-10-5-11-21-29/h3-14,16-21,24-25,31-32H,15,22-23H2,1-2H3,(H,39,43)(H,40,44)/t31-,32-/m0/s1. The van der Waals surface area contributed by atoms with Crippen molar-refractivity contribution in [1.29, 1.82) is 0 Å². The van der Waals surface area contributed by atoms with E-state index in [1.807, 2.05) is 71.4 Å². The highest BCUT2D eigenvalue weighted by Crippen LogP contribution is 2.40. The minimum Gasteiger partial charge on any atom is -0.469 e. The molecule has 1 aliphatic carbocycles. The zero-order valence-electron chi connectivity index (χ0n) is 26.2. The van der Waals surface area contributed by atoms with Crippen molar-refractivity contribution in [3.63, 3.8) is 0 Å². The van der Waals surface area contributed by atoms with Crippen molar-refractivity contribution >= 4 is 23.8 Å². The van der Waals surface area contributed by atoms with Crippen molar-refractivity contribution in [2.45, 2.75) is 36.9 Å². The topological polar surface area (TPSA) is 129 Å². The molecule has 10 heteroatoms. The number of nitrogens with zero attached hydrogens (tertiary/aromatic N) is 2. The highest BCUT2D eigenvalue weighted by Gasteiger charge is 2.39. The van der Waals surface area contributed by atoms with Gasteiger partial charge in [-0.2, -0.15) is 0 Å². The number of hydrogen-bond acceptors (Lipinski definition) is 7. The third-order valence-electron chi connectivity index (χ3n) is 8.10. The minimum atomic E-state index is -1.31. The molecule has 1 aromatic heterocycles. The molecule has 0 bridgehead atoms. The number of benzene rings is 3. The largest absolute Gasteiger partial charge is 0.469 e. The van der Waals surface area contributed by atoms with E-state index in [2.05, 4.69) is 47.0 Å². The first-order chi connectivity index (χ1) is 22.9. The maximum atomic E-state index is 13.7. The molecule has 5 rings (SSSR count). The molecule has 0 saturated carbocycles. The first-order valence-corrected chi connectivity index (χ1v) is 15.2. The van der Waals surface area contributed by atoms with Crippen LogP contribution in [0.25, 0.3) is 0 Å². The normalized spacial score (nSPS) is 13.6. The molecule has 2 N–H and O–H groups in total. The zero-order valence-corrected chi connectivity index (χ0v) is 26.2. The molecule has 0 fully saturated rings. The number of imidazole rings is 1. The number of rotatable bonds is 13. The van der Waals surface area contributed by atoms with Gasteiger partial charge in [-0.15, -0.1) is 0 Å². The molecule has 4 aromatic rings. The fourth-order valence-electron chi connectivity index (χ4n) is 5.78. The van der Waals surface area contributed by atoms with Crippen LogP contribution in [0.4, 0.5) is 0 Å². The maximum absolute atomic E-state index is 13.7. The van der Waals surface area contributed by atoms with Crippen molar-refractivity contribution < 1.29 is 28.7 Å². The van der Waals surface area contributed by atoms with E-state index in [0.29, 0.717) is 17.7 Å². The molecule has 0 radical (unpaired) electrons. The van der Waals surface area contributed by atoms with Gasteiger partial charge in [0.2, 0.25) is 11.8 Å². The van der Waals surface area contributed by atoms with Gasteiger partial charge in [0, 0.05) is 18.2 Å². The van der Waals surface area contributed by atoms with Crippen molar-refractivity contribution in [1.82, 2.24) is 20.2 Å². The molecule has 0 aliphatic heterocycles. The summed E-state index contributed by atoms with van der Waals surface area (Å²) in [4.78, 5) is 56.1. The van der Waals surface area contributed by atoms with Gasteiger partial charge in [-0.3, -0.25) is 14.4 Å². The lowest BCUT2D eigenvalue weighted by Gasteiger charge is -2.37. The molecule has 1 heterocycles. The second kappa shape index (κ2) is 15.0.